The highest BCUT2D eigenvalue weighted by molar-refractivity contribution is 9.10. The molecule has 0 saturated carbocycles. The first-order chi connectivity index (χ1) is 10.0. The van der Waals surface area contributed by atoms with Crippen LogP contribution < -0.4 is 15.2 Å². The van der Waals surface area contributed by atoms with Crippen molar-refractivity contribution in [3.63, 3.8) is 0 Å². The van der Waals surface area contributed by atoms with Crippen molar-refractivity contribution in [2.24, 2.45) is 5.73 Å². The topological polar surface area (TPSA) is 44.5 Å². The SMILES string of the molecule is COc1ccc(C(N)c2c(F)cccc2Br)c(OC)c1Cl. The predicted octanol–water partition coefficient (Wildman–Crippen LogP) is 4.31. The van der Waals surface area contributed by atoms with Crippen LogP contribution in [0.5, 0.6) is 11.5 Å². The van der Waals surface area contributed by atoms with Crippen molar-refractivity contribution >= 4 is 27.5 Å². The highest BCUT2D eigenvalue weighted by Crippen LogP contribution is 2.41. The van der Waals surface area contributed by atoms with Gasteiger partial charge < -0.3 is 15.2 Å². The quantitative estimate of drug-likeness (QED) is 0.867. The molecule has 21 heavy (non-hydrogen) atoms. The summed E-state index contributed by atoms with van der Waals surface area (Å²) in [5, 5.41) is 0.306. The molecule has 3 nitrogen and oxygen atoms in total. The van der Waals surface area contributed by atoms with Crippen molar-refractivity contribution in [3.8, 4) is 11.5 Å². The Bertz CT molecular complexity index is 646. The third kappa shape index (κ3) is 3.00. The minimum atomic E-state index is -0.723. The van der Waals surface area contributed by atoms with Gasteiger partial charge in [-0.15, -0.1) is 0 Å². The minimum Gasteiger partial charge on any atom is -0.495 e. The van der Waals surface area contributed by atoms with Gasteiger partial charge in [0.15, 0.2) is 0 Å². The lowest BCUT2D eigenvalue weighted by atomic mass is 9.98. The van der Waals surface area contributed by atoms with E-state index in [2.05, 4.69) is 15.9 Å². The number of ether oxygens (including phenoxy) is 2. The lowest BCUT2D eigenvalue weighted by molar-refractivity contribution is 0.390. The first kappa shape index (κ1) is 16.1. The smallest absolute Gasteiger partial charge is 0.146 e. The molecule has 1 unspecified atom stereocenters. The van der Waals surface area contributed by atoms with Gasteiger partial charge in [-0.05, 0) is 24.3 Å². The van der Waals surface area contributed by atoms with Crippen molar-refractivity contribution < 1.29 is 13.9 Å². The third-order valence-electron chi connectivity index (χ3n) is 3.16. The molecule has 2 N–H and O–H groups in total. The summed E-state index contributed by atoms with van der Waals surface area (Å²) in [6, 6.07) is 7.36. The van der Waals surface area contributed by atoms with Crippen molar-refractivity contribution in [2.75, 3.05) is 14.2 Å². The second kappa shape index (κ2) is 6.64. The molecule has 0 aromatic heterocycles. The summed E-state index contributed by atoms with van der Waals surface area (Å²) in [7, 11) is 2.99. The van der Waals surface area contributed by atoms with E-state index in [0.29, 0.717) is 32.1 Å². The third-order valence-corrected chi connectivity index (χ3v) is 4.21. The molecular weight excluding hydrogens is 361 g/mol. The predicted molar refractivity (Wildman–Crippen MR) is 84.7 cm³/mol. The molecular formula is C15H14BrClFNO2. The molecule has 1 atom stereocenters. The lowest BCUT2D eigenvalue weighted by Gasteiger charge is -2.20. The molecule has 0 aliphatic carbocycles. The highest BCUT2D eigenvalue weighted by Gasteiger charge is 2.23. The molecule has 2 rings (SSSR count). The zero-order valence-electron chi connectivity index (χ0n) is 11.5. The van der Waals surface area contributed by atoms with Crippen molar-refractivity contribution in [2.45, 2.75) is 6.04 Å². The van der Waals surface area contributed by atoms with Crippen LogP contribution in [-0.4, -0.2) is 14.2 Å². The van der Waals surface area contributed by atoms with Crippen LogP contribution in [0.2, 0.25) is 5.02 Å². The fourth-order valence-electron chi connectivity index (χ4n) is 2.13. The molecule has 0 bridgehead atoms. The van der Waals surface area contributed by atoms with Crippen LogP contribution in [0.4, 0.5) is 4.39 Å². The van der Waals surface area contributed by atoms with Gasteiger partial charge >= 0.3 is 0 Å². The molecule has 0 fully saturated rings. The maximum Gasteiger partial charge on any atom is 0.146 e. The molecule has 2 aromatic rings. The largest absolute Gasteiger partial charge is 0.495 e. The standard InChI is InChI=1S/C15H14BrClFNO2/c1-20-11-7-6-8(15(21-2)13(11)17)14(19)12-9(16)4-3-5-10(12)18/h3-7,14H,19H2,1-2H3. The van der Waals surface area contributed by atoms with Gasteiger partial charge in [-0.2, -0.15) is 0 Å². The number of rotatable bonds is 4. The fraction of sp³-hybridized carbons (Fsp3) is 0.200. The van der Waals surface area contributed by atoms with Crippen LogP contribution >= 0.6 is 27.5 Å². The Kier molecular flexibility index (Phi) is 5.08. The Labute approximate surface area is 135 Å². The first-order valence-electron chi connectivity index (χ1n) is 6.11. The Hall–Kier alpha value is -1.30. The zero-order valence-corrected chi connectivity index (χ0v) is 13.8. The van der Waals surface area contributed by atoms with Gasteiger partial charge in [0.05, 0.1) is 20.3 Å². The van der Waals surface area contributed by atoms with Crippen molar-refractivity contribution in [1.82, 2.24) is 0 Å². The van der Waals surface area contributed by atoms with Gasteiger partial charge in [0.25, 0.3) is 0 Å². The van der Waals surface area contributed by atoms with Crippen molar-refractivity contribution in [3.05, 3.63) is 56.8 Å². The summed E-state index contributed by atoms with van der Waals surface area (Å²) in [6.07, 6.45) is 0. The van der Waals surface area contributed by atoms with Crippen LogP contribution in [0.3, 0.4) is 0 Å². The van der Waals surface area contributed by atoms with Crippen LogP contribution in [0.25, 0.3) is 0 Å². The van der Waals surface area contributed by atoms with E-state index >= 15 is 0 Å². The molecule has 6 heteroatoms. The lowest BCUT2D eigenvalue weighted by Crippen LogP contribution is -2.15. The maximum absolute atomic E-state index is 14.1. The molecule has 0 aliphatic rings. The molecule has 2 aromatic carbocycles. The van der Waals surface area contributed by atoms with Gasteiger partial charge in [0.2, 0.25) is 0 Å². The van der Waals surface area contributed by atoms with Crippen LogP contribution in [0, 0.1) is 5.82 Å². The van der Waals surface area contributed by atoms with Gasteiger partial charge in [-0.3, -0.25) is 0 Å². The number of hydrogen-bond donors (Lipinski definition) is 1. The molecule has 112 valence electrons. The average Bonchev–Trinajstić information content (AvgIpc) is 2.46. The molecule has 0 saturated heterocycles. The van der Waals surface area contributed by atoms with Gasteiger partial charge in [-0.1, -0.05) is 33.6 Å². The highest BCUT2D eigenvalue weighted by atomic mass is 79.9. The second-order valence-corrected chi connectivity index (χ2v) is 5.55. The van der Waals surface area contributed by atoms with E-state index in [1.165, 1.54) is 20.3 Å². The number of nitrogens with two attached hydrogens (primary N) is 1. The van der Waals surface area contributed by atoms with E-state index in [4.69, 9.17) is 26.8 Å². The van der Waals surface area contributed by atoms with E-state index in [9.17, 15) is 4.39 Å². The summed E-state index contributed by atoms with van der Waals surface area (Å²) < 4.78 is 25.1. The molecule has 0 radical (unpaired) electrons. The minimum absolute atomic E-state index is 0.306. The molecule has 0 amide bonds. The first-order valence-corrected chi connectivity index (χ1v) is 7.28. The van der Waals surface area contributed by atoms with E-state index < -0.39 is 11.9 Å². The Morgan fingerprint density at radius 3 is 2.48 bits per heavy atom. The van der Waals surface area contributed by atoms with E-state index in [1.807, 2.05) is 0 Å². The molecule has 0 heterocycles. The molecule has 0 spiro atoms. The summed E-state index contributed by atoms with van der Waals surface area (Å²) in [5.41, 5.74) is 7.13. The number of halogens is 3. The second-order valence-electron chi connectivity index (χ2n) is 4.32. The number of methoxy groups -OCH3 is 2. The number of benzene rings is 2. The molecule has 0 aliphatic heterocycles. The monoisotopic (exact) mass is 373 g/mol. The number of hydrogen-bond acceptors (Lipinski definition) is 3. The van der Waals surface area contributed by atoms with Gasteiger partial charge in [0.1, 0.15) is 22.3 Å². The van der Waals surface area contributed by atoms with Gasteiger partial charge in [0, 0.05) is 15.6 Å². The Morgan fingerprint density at radius 1 is 1.19 bits per heavy atom. The Balaban J connectivity index is 2.59. The normalized spacial score (nSPS) is 12.1. The van der Waals surface area contributed by atoms with E-state index in [-0.39, 0.29) is 0 Å². The zero-order chi connectivity index (χ0) is 15.6. The Morgan fingerprint density at radius 2 is 1.90 bits per heavy atom. The van der Waals surface area contributed by atoms with Crippen LogP contribution in [0.15, 0.2) is 34.8 Å². The summed E-state index contributed by atoms with van der Waals surface area (Å²) in [6.45, 7) is 0. The summed E-state index contributed by atoms with van der Waals surface area (Å²) >= 11 is 9.53. The van der Waals surface area contributed by atoms with Gasteiger partial charge in [-0.25, -0.2) is 4.39 Å². The fourth-order valence-corrected chi connectivity index (χ4v) is 3.04. The summed E-state index contributed by atoms with van der Waals surface area (Å²) in [4.78, 5) is 0. The maximum atomic E-state index is 14.1. The van der Waals surface area contributed by atoms with E-state index in [1.54, 1.807) is 24.3 Å². The van der Waals surface area contributed by atoms with Crippen LogP contribution in [0.1, 0.15) is 17.2 Å². The van der Waals surface area contributed by atoms with Crippen LogP contribution in [-0.2, 0) is 0 Å². The van der Waals surface area contributed by atoms with Crippen molar-refractivity contribution in [1.29, 1.82) is 0 Å². The average molecular weight is 375 g/mol. The van der Waals surface area contributed by atoms with E-state index in [0.717, 1.165) is 0 Å². The summed E-state index contributed by atoms with van der Waals surface area (Å²) in [5.74, 6) is 0.446.